The summed E-state index contributed by atoms with van der Waals surface area (Å²) in [6.45, 7) is 2.77. The predicted molar refractivity (Wildman–Crippen MR) is 202 cm³/mol. The highest BCUT2D eigenvalue weighted by molar-refractivity contribution is 6.06. The van der Waals surface area contributed by atoms with Gasteiger partial charge in [-0.15, -0.1) is 0 Å². The first-order chi connectivity index (χ1) is 26.0. The number of aromatic nitrogens is 2. The van der Waals surface area contributed by atoms with Crippen LogP contribution in [0.4, 0.5) is 10.5 Å². The number of amides is 2. The first-order valence-corrected chi connectivity index (χ1v) is 18.4. The normalized spacial score (nSPS) is 20.7. The van der Waals surface area contributed by atoms with Crippen LogP contribution >= 0.6 is 0 Å². The van der Waals surface area contributed by atoms with Crippen LogP contribution in [0.25, 0.3) is 33.2 Å². The van der Waals surface area contributed by atoms with Gasteiger partial charge in [0.25, 0.3) is 0 Å². The monoisotopic (exact) mass is 710 g/mol. The second-order valence-electron chi connectivity index (χ2n) is 14.4. The zero-order valence-corrected chi connectivity index (χ0v) is 29.9. The van der Waals surface area contributed by atoms with Crippen LogP contribution in [0.1, 0.15) is 53.9 Å². The molecule has 9 rings (SSSR count). The molecule has 0 aliphatic carbocycles. The summed E-state index contributed by atoms with van der Waals surface area (Å²) in [6, 6.07) is 23.7. The van der Waals surface area contributed by atoms with Crippen molar-refractivity contribution < 1.29 is 23.8 Å². The Morgan fingerprint density at radius 1 is 1.06 bits per heavy atom. The fourth-order valence-electron chi connectivity index (χ4n) is 8.58. The van der Waals surface area contributed by atoms with Crippen molar-refractivity contribution in [3.8, 4) is 28.1 Å². The third-order valence-electron chi connectivity index (χ3n) is 11.2. The summed E-state index contributed by atoms with van der Waals surface area (Å²) in [4.78, 5) is 41.6. The fraction of sp³-hybridized carbons (Fsp3) is 0.333. The number of likely N-dealkylation sites (tertiary alicyclic amines) is 1. The lowest BCUT2D eigenvalue weighted by atomic mass is 9.90. The molecule has 2 saturated heterocycles. The molecule has 0 bridgehead atoms. The van der Waals surface area contributed by atoms with E-state index >= 15 is 0 Å². The lowest BCUT2D eigenvalue weighted by Gasteiger charge is -2.29. The standard InChI is InChI=1S/C42H42N6O5/c1-51-22-24-15-35(43-20-24)40-44-21-36(46-40)27-10-12-29-28(16-27)23-53-38-19-30-26(17-32(29)38)11-13-33-31(30)18-34(45-33)37-9-6-14-48(37)41(49)39(47-42(50)52-2)25-7-4-3-5-8-25/h3-5,7-8,10-13,16-17,19,21,24,35,37,39,43H,6,9,14-15,18,20,22-23H2,1-2H3,(H,44,46)(H,47,50)/t24-,35-,37-,39+/m0/s1. The summed E-state index contributed by atoms with van der Waals surface area (Å²) < 4.78 is 16.7. The van der Waals surface area contributed by atoms with Crippen LogP contribution < -0.4 is 15.4 Å². The fourth-order valence-corrected chi connectivity index (χ4v) is 8.58. The van der Waals surface area contributed by atoms with E-state index in [1.165, 1.54) is 12.7 Å². The Balaban J connectivity index is 0.949. The van der Waals surface area contributed by atoms with Gasteiger partial charge in [0.15, 0.2) is 0 Å². The SMILES string of the molecule is COC[C@@H]1CN[C@H](c2ncc(-c3ccc4c(c3)COc3cc5c6c(ccc5cc3-4)N=C([C@@H]3CCCN3C(=O)[C@H](NC(=O)OC)c3ccccc3)C6)[nH]2)C1. The van der Waals surface area contributed by atoms with E-state index in [2.05, 4.69) is 58.1 Å². The molecule has 4 aliphatic rings. The number of nitrogens with one attached hydrogen (secondary N) is 3. The van der Waals surface area contributed by atoms with Crippen LogP contribution in [0.3, 0.4) is 0 Å². The lowest BCUT2D eigenvalue weighted by molar-refractivity contribution is -0.133. The molecule has 0 saturated carbocycles. The van der Waals surface area contributed by atoms with Crippen molar-refractivity contribution in [3.05, 3.63) is 102 Å². The second-order valence-corrected chi connectivity index (χ2v) is 14.4. The van der Waals surface area contributed by atoms with Crippen molar-refractivity contribution in [3.63, 3.8) is 0 Å². The maximum atomic E-state index is 14.1. The number of imidazole rings is 1. The molecule has 270 valence electrons. The molecule has 5 aromatic rings. The smallest absolute Gasteiger partial charge is 0.407 e. The molecule has 0 spiro atoms. The Morgan fingerprint density at radius 3 is 2.79 bits per heavy atom. The van der Waals surface area contributed by atoms with Gasteiger partial charge in [-0.25, -0.2) is 9.78 Å². The predicted octanol–water partition coefficient (Wildman–Crippen LogP) is 6.80. The third-order valence-corrected chi connectivity index (χ3v) is 11.2. The molecule has 5 heterocycles. The van der Waals surface area contributed by atoms with Gasteiger partial charge in [-0.2, -0.15) is 0 Å². The molecule has 53 heavy (non-hydrogen) atoms. The summed E-state index contributed by atoms with van der Waals surface area (Å²) in [5, 5.41) is 8.57. The number of carbonyl (C=O) groups is 2. The molecule has 4 atom stereocenters. The number of H-pyrrole nitrogens is 1. The van der Waals surface area contributed by atoms with E-state index in [0.29, 0.717) is 31.1 Å². The minimum atomic E-state index is -0.849. The molecule has 4 aromatic carbocycles. The Hall–Kier alpha value is -5.52. The summed E-state index contributed by atoms with van der Waals surface area (Å²) in [5.41, 5.74) is 9.22. The van der Waals surface area contributed by atoms with Crippen LogP contribution in [-0.4, -0.2) is 72.5 Å². The average Bonchev–Trinajstić information content (AvgIpc) is 4.03. The summed E-state index contributed by atoms with van der Waals surface area (Å²) in [7, 11) is 3.06. The van der Waals surface area contributed by atoms with Gasteiger partial charge in [-0.3, -0.25) is 9.79 Å². The number of nitrogens with zero attached hydrogens (tertiary/aromatic N) is 3. The highest BCUT2D eigenvalue weighted by Gasteiger charge is 2.39. The molecular weight excluding hydrogens is 668 g/mol. The van der Waals surface area contributed by atoms with E-state index in [9.17, 15) is 9.59 Å². The van der Waals surface area contributed by atoms with E-state index < -0.39 is 12.1 Å². The first-order valence-electron chi connectivity index (χ1n) is 18.4. The Bertz CT molecular complexity index is 2250. The van der Waals surface area contributed by atoms with Gasteiger partial charge in [0, 0.05) is 37.9 Å². The molecule has 4 aliphatic heterocycles. The van der Waals surface area contributed by atoms with Gasteiger partial charge in [-0.05, 0) is 88.0 Å². The van der Waals surface area contributed by atoms with E-state index in [1.54, 1.807) is 7.11 Å². The van der Waals surface area contributed by atoms with Gasteiger partial charge in [0.2, 0.25) is 5.91 Å². The minimum absolute atomic E-state index is 0.154. The summed E-state index contributed by atoms with van der Waals surface area (Å²) >= 11 is 0. The first kappa shape index (κ1) is 33.3. The largest absolute Gasteiger partial charge is 0.488 e. The number of hydrogen-bond acceptors (Lipinski definition) is 8. The molecule has 11 nitrogen and oxygen atoms in total. The lowest BCUT2D eigenvalue weighted by Crippen LogP contribution is -2.47. The molecule has 0 radical (unpaired) electrons. The van der Waals surface area contributed by atoms with Crippen LogP contribution in [0.2, 0.25) is 0 Å². The van der Waals surface area contributed by atoms with E-state index in [-0.39, 0.29) is 18.0 Å². The number of fused-ring (bicyclic) bond motifs is 6. The van der Waals surface area contributed by atoms with Gasteiger partial charge < -0.3 is 34.7 Å². The Labute approximate surface area is 307 Å². The molecule has 0 unspecified atom stereocenters. The number of methoxy groups -OCH3 is 2. The topological polar surface area (TPSA) is 130 Å². The number of hydrogen-bond donors (Lipinski definition) is 3. The van der Waals surface area contributed by atoms with E-state index in [1.807, 2.05) is 41.4 Å². The zero-order valence-electron chi connectivity index (χ0n) is 29.9. The number of benzene rings is 4. The van der Waals surface area contributed by atoms with Crippen molar-refractivity contribution in [1.29, 1.82) is 0 Å². The van der Waals surface area contributed by atoms with Crippen molar-refractivity contribution in [2.24, 2.45) is 10.9 Å². The third kappa shape index (κ3) is 6.13. The Kier molecular flexibility index (Phi) is 8.67. The highest BCUT2D eigenvalue weighted by atomic mass is 16.5. The highest BCUT2D eigenvalue weighted by Crippen LogP contribution is 2.45. The van der Waals surface area contributed by atoms with Gasteiger partial charge in [0.05, 0.1) is 43.4 Å². The van der Waals surface area contributed by atoms with Gasteiger partial charge in [0.1, 0.15) is 24.2 Å². The second kappa shape index (κ2) is 13.8. The zero-order chi connectivity index (χ0) is 36.1. The summed E-state index contributed by atoms with van der Waals surface area (Å²) in [5.74, 6) is 2.16. The number of carbonyl (C=O) groups excluding carboxylic acids is 2. The molecule has 2 fully saturated rings. The number of rotatable bonds is 8. The van der Waals surface area contributed by atoms with Crippen LogP contribution in [-0.2, 0) is 27.3 Å². The maximum Gasteiger partial charge on any atom is 0.407 e. The number of alkyl carbamates (subject to hydrolysis) is 1. The van der Waals surface area contributed by atoms with Crippen LogP contribution in [0, 0.1) is 5.92 Å². The van der Waals surface area contributed by atoms with Crippen molar-refractivity contribution >= 4 is 34.2 Å². The number of aliphatic imine (C=N–C) groups is 1. The van der Waals surface area contributed by atoms with Gasteiger partial charge in [-0.1, -0.05) is 48.5 Å². The molecule has 2 amide bonds. The van der Waals surface area contributed by atoms with Crippen molar-refractivity contribution in [2.45, 2.75) is 50.4 Å². The Morgan fingerprint density at radius 2 is 1.94 bits per heavy atom. The molecule has 3 N–H and O–H groups in total. The van der Waals surface area contributed by atoms with Crippen LogP contribution in [0.5, 0.6) is 5.75 Å². The van der Waals surface area contributed by atoms with Gasteiger partial charge >= 0.3 is 6.09 Å². The quantitative estimate of drug-likeness (QED) is 0.162. The van der Waals surface area contributed by atoms with Crippen molar-refractivity contribution in [2.75, 3.05) is 33.9 Å². The maximum absolute atomic E-state index is 14.1. The van der Waals surface area contributed by atoms with Crippen molar-refractivity contribution in [1.82, 2.24) is 25.5 Å². The number of aromatic amines is 1. The van der Waals surface area contributed by atoms with Crippen LogP contribution in [0.15, 0.2) is 84.0 Å². The van der Waals surface area contributed by atoms with E-state index in [4.69, 9.17) is 24.2 Å². The minimum Gasteiger partial charge on any atom is -0.488 e. The molecule has 11 heteroatoms. The molecular formula is C42H42N6O5. The number of ether oxygens (including phenoxy) is 3. The average molecular weight is 711 g/mol. The summed E-state index contributed by atoms with van der Waals surface area (Å²) in [6.07, 6.45) is 4.61. The molecule has 1 aromatic heterocycles. The van der Waals surface area contributed by atoms with E-state index in [0.717, 1.165) is 94.1 Å².